The molecule has 1 N–H and O–H groups in total. The van der Waals surface area contributed by atoms with Gasteiger partial charge in [-0.05, 0) is 31.9 Å². The Kier molecular flexibility index (Phi) is 6.11. The van der Waals surface area contributed by atoms with Crippen LogP contribution >= 0.6 is 11.3 Å². The van der Waals surface area contributed by atoms with Gasteiger partial charge in [0.1, 0.15) is 17.3 Å². The van der Waals surface area contributed by atoms with Crippen LogP contribution in [0.1, 0.15) is 41.8 Å². The van der Waals surface area contributed by atoms with Crippen LogP contribution in [0.15, 0.2) is 64.5 Å². The molecule has 7 nitrogen and oxygen atoms in total. The van der Waals surface area contributed by atoms with Crippen LogP contribution in [0.4, 0.5) is 0 Å². The molecule has 8 heteroatoms. The van der Waals surface area contributed by atoms with Gasteiger partial charge in [0.05, 0.1) is 27.3 Å². The third-order valence-corrected chi connectivity index (χ3v) is 7.91. The standard InChI is InChI=1S/C28H27N5O2S/c1-18-26(27(32-35-18)19-7-3-2-4-8-19)23-17-36-28(31-23)20-13-15-33(16-14-20)25(34)12-11-24-29-21-9-5-6-10-22(21)30-24/h2-10,17,20H,11-16H2,1H3,(H,29,30). The number of thiazole rings is 1. The van der Waals surface area contributed by atoms with Gasteiger partial charge in [0.25, 0.3) is 0 Å². The molecule has 36 heavy (non-hydrogen) atoms. The lowest BCUT2D eigenvalue weighted by molar-refractivity contribution is -0.132. The number of hydrogen-bond donors (Lipinski definition) is 1. The summed E-state index contributed by atoms with van der Waals surface area (Å²) in [4.78, 5) is 27.7. The van der Waals surface area contributed by atoms with Crippen LogP contribution in [-0.4, -0.2) is 44.0 Å². The number of fused-ring (bicyclic) bond motifs is 1. The number of aryl methyl sites for hydroxylation is 2. The number of nitrogens with one attached hydrogen (secondary N) is 1. The van der Waals surface area contributed by atoms with Crippen molar-refractivity contribution in [2.24, 2.45) is 0 Å². The van der Waals surface area contributed by atoms with E-state index >= 15 is 0 Å². The lowest BCUT2D eigenvalue weighted by atomic mass is 9.97. The van der Waals surface area contributed by atoms with Crippen LogP contribution in [0, 0.1) is 6.92 Å². The minimum Gasteiger partial charge on any atom is -0.360 e. The van der Waals surface area contributed by atoms with E-state index in [1.807, 2.05) is 66.4 Å². The van der Waals surface area contributed by atoms with Gasteiger partial charge in [-0.15, -0.1) is 11.3 Å². The van der Waals surface area contributed by atoms with Crippen LogP contribution in [0.3, 0.4) is 0 Å². The van der Waals surface area contributed by atoms with Crippen LogP contribution in [0.2, 0.25) is 0 Å². The Morgan fingerprint density at radius 1 is 1.08 bits per heavy atom. The van der Waals surface area contributed by atoms with E-state index in [0.29, 0.717) is 18.8 Å². The van der Waals surface area contributed by atoms with Gasteiger partial charge in [-0.25, -0.2) is 9.97 Å². The largest absolute Gasteiger partial charge is 0.360 e. The van der Waals surface area contributed by atoms with Crippen molar-refractivity contribution in [3.63, 3.8) is 0 Å². The van der Waals surface area contributed by atoms with Crippen molar-refractivity contribution in [1.82, 2.24) is 25.0 Å². The van der Waals surface area contributed by atoms with E-state index in [9.17, 15) is 4.79 Å². The van der Waals surface area contributed by atoms with Crippen molar-refractivity contribution in [3.8, 4) is 22.5 Å². The number of rotatable bonds is 6. The summed E-state index contributed by atoms with van der Waals surface area (Å²) in [6, 6.07) is 18.0. The van der Waals surface area contributed by atoms with Gasteiger partial charge in [0, 0.05) is 42.8 Å². The minimum atomic E-state index is 0.196. The average Bonchev–Trinajstić information content (AvgIpc) is 3.65. The molecular formula is C28H27N5O2S. The zero-order valence-electron chi connectivity index (χ0n) is 20.1. The van der Waals surface area contributed by atoms with E-state index in [0.717, 1.165) is 76.1 Å². The fraction of sp³-hybridized carbons (Fsp3) is 0.286. The number of carbonyl (C=O) groups excluding carboxylic acids is 1. The average molecular weight is 498 g/mol. The van der Waals surface area contributed by atoms with Gasteiger partial charge >= 0.3 is 0 Å². The second kappa shape index (κ2) is 9.70. The van der Waals surface area contributed by atoms with E-state index in [1.54, 1.807) is 11.3 Å². The first kappa shape index (κ1) is 22.7. The van der Waals surface area contributed by atoms with Gasteiger partial charge in [-0.3, -0.25) is 4.79 Å². The second-order valence-corrected chi connectivity index (χ2v) is 10.1. The molecule has 6 rings (SSSR count). The first-order chi connectivity index (χ1) is 17.7. The second-order valence-electron chi connectivity index (χ2n) is 9.26. The highest BCUT2D eigenvalue weighted by atomic mass is 32.1. The molecule has 0 unspecified atom stereocenters. The molecule has 0 radical (unpaired) electrons. The SMILES string of the molecule is Cc1onc(-c2ccccc2)c1-c1csc(C2CCN(C(=O)CCc3nc4ccccc4[nH]3)CC2)n1. The fourth-order valence-corrected chi connectivity index (χ4v) is 5.92. The Morgan fingerprint density at radius 2 is 1.86 bits per heavy atom. The predicted octanol–water partition coefficient (Wildman–Crippen LogP) is 5.99. The Bertz CT molecular complexity index is 1460. The van der Waals surface area contributed by atoms with Gasteiger partial charge in [-0.2, -0.15) is 0 Å². The van der Waals surface area contributed by atoms with Crippen molar-refractivity contribution < 1.29 is 9.32 Å². The third-order valence-electron chi connectivity index (χ3n) is 6.90. The molecule has 3 aromatic heterocycles. The number of para-hydroxylation sites is 2. The predicted molar refractivity (Wildman–Crippen MR) is 141 cm³/mol. The van der Waals surface area contributed by atoms with E-state index < -0.39 is 0 Å². The summed E-state index contributed by atoms with van der Waals surface area (Å²) < 4.78 is 5.54. The van der Waals surface area contributed by atoms with E-state index in [4.69, 9.17) is 9.51 Å². The normalized spacial score (nSPS) is 14.5. The van der Waals surface area contributed by atoms with Gasteiger partial charge < -0.3 is 14.4 Å². The molecule has 0 saturated carbocycles. The van der Waals surface area contributed by atoms with E-state index in [2.05, 4.69) is 20.5 Å². The van der Waals surface area contributed by atoms with Crippen molar-refractivity contribution in [3.05, 3.63) is 76.6 Å². The van der Waals surface area contributed by atoms with Crippen molar-refractivity contribution >= 4 is 28.3 Å². The third kappa shape index (κ3) is 4.44. The monoisotopic (exact) mass is 497 g/mol. The lowest BCUT2D eigenvalue weighted by Crippen LogP contribution is -2.38. The Balaban J connectivity index is 1.08. The summed E-state index contributed by atoms with van der Waals surface area (Å²) in [5.74, 6) is 2.20. The zero-order chi connectivity index (χ0) is 24.5. The first-order valence-corrected chi connectivity index (χ1v) is 13.2. The highest BCUT2D eigenvalue weighted by Crippen LogP contribution is 2.38. The minimum absolute atomic E-state index is 0.196. The summed E-state index contributed by atoms with van der Waals surface area (Å²) in [6.45, 7) is 3.46. The Labute approximate surface area is 213 Å². The fourth-order valence-electron chi connectivity index (χ4n) is 4.94. The number of imidazole rings is 1. The molecule has 0 atom stereocenters. The number of amides is 1. The number of carbonyl (C=O) groups is 1. The van der Waals surface area contributed by atoms with E-state index in [1.165, 1.54) is 0 Å². The summed E-state index contributed by atoms with van der Waals surface area (Å²) >= 11 is 1.69. The number of piperidine rings is 1. The summed E-state index contributed by atoms with van der Waals surface area (Å²) in [5, 5.41) is 7.53. The quantitative estimate of drug-likeness (QED) is 0.311. The van der Waals surface area contributed by atoms with Crippen LogP contribution in [0.5, 0.6) is 0 Å². The molecule has 1 aliphatic heterocycles. The lowest BCUT2D eigenvalue weighted by Gasteiger charge is -2.31. The molecule has 1 amide bonds. The molecule has 5 aromatic rings. The highest BCUT2D eigenvalue weighted by molar-refractivity contribution is 7.10. The van der Waals surface area contributed by atoms with Gasteiger partial charge in [-0.1, -0.05) is 47.6 Å². The Morgan fingerprint density at radius 3 is 2.67 bits per heavy atom. The molecule has 0 bridgehead atoms. The summed E-state index contributed by atoms with van der Waals surface area (Å²) in [6.07, 6.45) is 2.96. The van der Waals surface area contributed by atoms with Crippen LogP contribution in [0.25, 0.3) is 33.5 Å². The van der Waals surface area contributed by atoms with Crippen molar-refractivity contribution in [2.75, 3.05) is 13.1 Å². The summed E-state index contributed by atoms with van der Waals surface area (Å²) in [5.41, 5.74) is 5.68. The van der Waals surface area contributed by atoms with Gasteiger partial charge in [0.15, 0.2) is 0 Å². The molecule has 1 saturated heterocycles. The number of aromatic nitrogens is 4. The maximum atomic E-state index is 12.9. The topological polar surface area (TPSA) is 87.9 Å². The maximum absolute atomic E-state index is 12.9. The van der Waals surface area contributed by atoms with Crippen LogP contribution < -0.4 is 0 Å². The van der Waals surface area contributed by atoms with Gasteiger partial charge in [0.2, 0.25) is 5.91 Å². The van der Waals surface area contributed by atoms with Crippen molar-refractivity contribution in [2.45, 2.75) is 38.5 Å². The molecule has 4 heterocycles. The molecule has 0 spiro atoms. The molecule has 0 aliphatic carbocycles. The maximum Gasteiger partial charge on any atom is 0.223 e. The number of likely N-dealkylation sites (tertiary alicyclic amines) is 1. The molecule has 2 aromatic carbocycles. The number of nitrogens with zero attached hydrogens (tertiary/aromatic N) is 4. The summed E-state index contributed by atoms with van der Waals surface area (Å²) in [7, 11) is 0. The molecule has 1 aliphatic rings. The smallest absolute Gasteiger partial charge is 0.223 e. The zero-order valence-corrected chi connectivity index (χ0v) is 20.9. The number of H-pyrrole nitrogens is 1. The number of hydrogen-bond acceptors (Lipinski definition) is 6. The molecular weight excluding hydrogens is 470 g/mol. The number of aromatic amines is 1. The highest BCUT2D eigenvalue weighted by Gasteiger charge is 2.27. The number of benzene rings is 2. The Hall–Kier alpha value is -3.78. The molecule has 1 fully saturated rings. The molecule has 182 valence electrons. The van der Waals surface area contributed by atoms with Crippen LogP contribution in [-0.2, 0) is 11.2 Å². The van der Waals surface area contributed by atoms with Crippen molar-refractivity contribution in [1.29, 1.82) is 0 Å². The first-order valence-electron chi connectivity index (χ1n) is 12.3. The van der Waals surface area contributed by atoms with E-state index in [-0.39, 0.29) is 5.91 Å².